The summed E-state index contributed by atoms with van der Waals surface area (Å²) in [6.07, 6.45) is 4.56. The van der Waals surface area contributed by atoms with Crippen LogP contribution in [-0.2, 0) is 11.2 Å². The van der Waals surface area contributed by atoms with Crippen molar-refractivity contribution in [1.82, 2.24) is 5.32 Å². The lowest BCUT2D eigenvalue weighted by atomic mass is 10.1. The van der Waals surface area contributed by atoms with Crippen LogP contribution >= 0.6 is 11.6 Å². The monoisotopic (exact) mass is 451 g/mol. The summed E-state index contributed by atoms with van der Waals surface area (Å²) in [5.74, 6) is 1.11. The van der Waals surface area contributed by atoms with Gasteiger partial charge in [0, 0.05) is 23.6 Å². The Kier molecular flexibility index (Phi) is 6.61. The van der Waals surface area contributed by atoms with E-state index in [1.165, 1.54) is 6.26 Å². The van der Waals surface area contributed by atoms with Gasteiger partial charge in [0.2, 0.25) is 0 Å². The third-order valence-electron chi connectivity index (χ3n) is 5.08. The Morgan fingerprint density at radius 1 is 1.12 bits per heavy atom. The van der Waals surface area contributed by atoms with Gasteiger partial charge in [-0.1, -0.05) is 23.7 Å². The summed E-state index contributed by atoms with van der Waals surface area (Å²) in [5.41, 5.74) is 1.41. The molecule has 7 heteroatoms. The molecular weight excluding hydrogens is 430 g/mol. The molecule has 2 aromatic carbocycles. The third kappa shape index (κ3) is 5.21. The number of furan rings is 1. The fourth-order valence-corrected chi connectivity index (χ4v) is 3.50. The Labute approximate surface area is 189 Å². The molecule has 1 amide bonds. The molecule has 4 aromatic rings. The lowest BCUT2D eigenvalue weighted by Crippen LogP contribution is -2.36. The molecule has 6 nitrogen and oxygen atoms in total. The zero-order valence-electron chi connectivity index (χ0n) is 17.5. The predicted molar refractivity (Wildman–Crippen MR) is 123 cm³/mol. The van der Waals surface area contributed by atoms with E-state index in [4.69, 9.17) is 25.2 Å². The van der Waals surface area contributed by atoms with Gasteiger partial charge in [0.15, 0.2) is 12.0 Å². The smallest absolute Gasteiger partial charge is 0.258 e. The zero-order valence-corrected chi connectivity index (χ0v) is 18.2. The van der Waals surface area contributed by atoms with Crippen LogP contribution in [0.25, 0.3) is 22.1 Å². The average Bonchev–Trinajstić information content (AvgIpc) is 3.31. The first-order valence-electron chi connectivity index (χ1n) is 10.3. The van der Waals surface area contributed by atoms with Gasteiger partial charge >= 0.3 is 0 Å². The van der Waals surface area contributed by atoms with Crippen LogP contribution in [0.2, 0.25) is 5.02 Å². The Morgan fingerprint density at radius 2 is 1.94 bits per heavy atom. The molecule has 0 aliphatic heterocycles. The molecule has 0 bridgehead atoms. The topological polar surface area (TPSA) is 81.7 Å². The number of rotatable bonds is 8. The molecule has 1 N–H and O–H groups in total. The van der Waals surface area contributed by atoms with Crippen molar-refractivity contribution in [2.75, 3.05) is 6.61 Å². The maximum atomic E-state index is 12.9. The molecule has 0 fully saturated rings. The van der Waals surface area contributed by atoms with Crippen molar-refractivity contribution in [1.29, 1.82) is 0 Å². The summed E-state index contributed by atoms with van der Waals surface area (Å²) in [4.78, 5) is 25.0. The Bertz CT molecular complexity index is 1260. The van der Waals surface area contributed by atoms with Crippen molar-refractivity contribution >= 4 is 28.5 Å². The molecule has 0 aliphatic rings. The number of halogens is 1. The summed E-state index contributed by atoms with van der Waals surface area (Å²) in [6, 6.07) is 15.6. The SMILES string of the molecule is C[C@H](CCc1ccco1)NC(=O)COc1ccc2c(=O)c(-c3ccc(Cl)cc3)coc2c1. The van der Waals surface area contributed by atoms with Gasteiger partial charge in [-0.15, -0.1) is 0 Å². The highest BCUT2D eigenvalue weighted by atomic mass is 35.5. The number of carbonyl (C=O) groups excluding carboxylic acids is 1. The molecule has 0 aliphatic carbocycles. The molecule has 1 atom stereocenters. The number of carbonyl (C=O) groups is 1. The van der Waals surface area contributed by atoms with E-state index in [2.05, 4.69) is 5.32 Å². The molecule has 0 spiro atoms. The first-order valence-corrected chi connectivity index (χ1v) is 10.6. The number of nitrogens with one attached hydrogen (secondary N) is 1. The highest BCUT2D eigenvalue weighted by Gasteiger charge is 2.12. The number of aryl methyl sites for hydroxylation is 1. The van der Waals surface area contributed by atoms with Gasteiger partial charge in [-0.25, -0.2) is 0 Å². The van der Waals surface area contributed by atoms with Crippen LogP contribution in [0.5, 0.6) is 5.75 Å². The molecule has 0 radical (unpaired) electrons. The zero-order chi connectivity index (χ0) is 22.5. The van der Waals surface area contributed by atoms with Gasteiger partial charge in [-0.05, 0) is 55.3 Å². The van der Waals surface area contributed by atoms with Gasteiger partial charge in [0.05, 0.1) is 17.2 Å². The predicted octanol–water partition coefficient (Wildman–Crippen LogP) is 5.22. The van der Waals surface area contributed by atoms with Crippen LogP contribution < -0.4 is 15.5 Å². The van der Waals surface area contributed by atoms with Crippen LogP contribution in [0.3, 0.4) is 0 Å². The molecule has 0 saturated heterocycles. The molecule has 164 valence electrons. The van der Waals surface area contributed by atoms with Crippen LogP contribution in [0, 0.1) is 0 Å². The largest absolute Gasteiger partial charge is 0.484 e. The van der Waals surface area contributed by atoms with Crippen LogP contribution in [-0.4, -0.2) is 18.6 Å². The lowest BCUT2D eigenvalue weighted by molar-refractivity contribution is -0.123. The first kappa shape index (κ1) is 21.7. The number of benzene rings is 2. The van der Waals surface area contributed by atoms with Gasteiger partial charge in [-0.2, -0.15) is 0 Å². The van der Waals surface area contributed by atoms with E-state index in [-0.39, 0.29) is 24.0 Å². The van der Waals surface area contributed by atoms with Crippen molar-refractivity contribution < 1.29 is 18.4 Å². The lowest BCUT2D eigenvalue weighted by Gasteiger charge is -2.14. The van der Waals surface area contributed by atoms with Gasteiger partial charge in [-0.3, -0.25) is 9.59 Å². The number of fused-ring (bicyclic) bond motifs is 1. The fourth-order valence-electron chi connectivity index (χ4n) is 3.38. The number of ether oxygens (including phenoxy) is 1. The molecular formula is C25H22ClNO5. The van der Waals surface area contributed by atoms with E-state index in [9.17, 15) is 9.59 Å². The van der Waals surface area contributed by atoms with E-state index in [0.717, 1.165) is 24.2 Å². The molecule has 2 aromatic heterocycles. The second-order valence-corrected chi connectivity index (χ2v) is 7.96. The Balaban J connectivity index is 1.37. The minimum absolute atomic E-state index is 0.0166. The Morgan fingerprint density at radius 3 is 2.69 bits per heavy atom. The first-order chi connectivity index (χ1) is 15.5. The van der Waals surface area contributed by atoms with E-state index in [1.807, 2.05) is 19.1 Å². The van der Waals surface area contributed by atoms with Gasteiger partial charge in [0.25, 0.3) is 5.91 Å². The van der Waals surface area contributed by atoms with Crippen LogP contribution in [0.4, 0.5) is 0 Å². The minimum atomic E-state index is -0.225. The highest BCUT2D eigenvalue weighted by molar-refractivity contribution is 6.30. The Hall–Kier alpha value is -3.51. The molecule has 0 saturated carbocycles. The summed E-state index contributed by atoms with van der Waals surface area (Å²) in [5, 5.41) is 3.93. The number of hydrogen-bond acceptors (Lipinski definition) is 5. The number of amides is 1. The van der Waals surface area contributed by atoms with Gasteiger partial charge in [0.1, 0.15) is 23.4 Å². The van der Waals surface area contributed by atoms with Crippen molar-refractivity contribution in [3.05, 3.63) is 88.1 Å². The fraction of sp³-hybridized carbons (Fsp3) is 0.200. The summed E-state index contributed by atoms with van der Waals surface area (Å²) >= 11 is 5.92. The van der Waals surface area contributed by atoms with Crippen LogP contribution in [0.15, 0.2) is 80.8 Å². The summed E-state index contributed by atoms with van der Waals surface area (Å²) in [7, 11) is 0. The maximum Gasteiger partial charge on any atom is 0.258 e. The molecule has 4 rings (SSSR count). The standard InChI is InChI=1S/C25H22ClNO5/c1-16(4-9-19-3-2-12-30-19)27-24(28)15-31-20-10-11-21-23(13-20)32-14-22(25(21)29)17-5-7-18(26)8-6-17/h2-3,5-8,10-14,16H,4,9,15H2,1H3,(H,27,28)/t16-/m1/s1. The highest BCUT2D eigenvalue weighted by Crippen LogP contribution is 2.24. The van der Waals surface area contributed by atoms with Crippen molar-refractivity contribution in [3.63, 3.8) is 0 Å². The van der Waals surface area contributed by atoms with E-state index in [0.29, 0.717) is 27.3 Å². The van der Waals surface area contributed by atoms with Crippen molar-refractivity contribution in [2.24, 2.45) is 0 Å². The average molecular weight is 452 g/mol. The molecule has 32 heavy (non-hydrogen) atoms. The van der Waals surface area contributed by atoms with Crippen molar-refractivity contribution in [3.8, 4) is 16.9 Å². The van der Waals surface area contributed by atoms with Crippen LogP contribution in [0.1, 0.15) is 19.1 Å². The van der Waals surface area contributed by atoms with E-state index in [1.54, 1.807) is 48.7 Å². The summed E-state index contributed by atoms with van der Waals surface area (Å²) in [6.45, 7) is 1.80. The normalized spacial score (nSPS) is 11.9. The number of hydrogen-bond donors (Lipinski definition) is 1. The third-order valence-corrected chi connectivity index (χ3v) is 5.33. The van der Waals surface area contributed by atoms with E-state index < -0.39 is 0 Å². The summed E-state index contributed by atoms with van der Waals surface area (Å²) < 4.78 is 16.6. The van der Waals surface area contributed by atoms with Gasteiger partial charge < -0.3 is 18.9 Å². The minimum Gasteiger partial charge on any atom is -0.484 e. The van der Waals surface area contributed by atoms with Crippen molar-refractivity contribution in [2.45, 2.75) is 25.8 Å². The molecule has 0 unspecified atom stereocenters. The second-order valence-electron chi connectivity index (χ2n) is 7.52. The quantitative estimate of drug-likeness (QED) is 0.397. The second kappa shape index (κ2) is 9.75. The van der Waals surface area contributed by atoms with E-state index >= 15 is 0 Å². The maximum absolute atomic E-state index is 12.9. The molecule has 2 heterocycles.